The Kier molecular flexibility index (Phi) is 5.92. The second-order valence-corrected chi connectivity index (χ2v) is 4.48. The Morgan fingerprint density at radius 3 is 2.61 bits per heavy atom. The van der Waals surface area contributed by atoms with E-state index in [0.29, 0.717) is 0 Å². The van der Waals surface area contributed by atoms with Crippen LogP contribution in [0.4, 0.5) is 0 Å². The zero-order chi connectivity index (χ0) is 13.4. The quantitative estimate of drug-likeness (QED) is 0.563. The summed E-state index contributed by atoms with van der Waals surface area (Å²) in [5.74, 6) is 0. The van der Waals surface area contributed by atoms with Crippen molar-refractivity contribution < 1.29 is 4.79 Å². The van der Waals surface area contributed by atoms with Crippen LogP contribution in [0.2, 0.25) is 0 Å². The average Bonchev–Trinajstić information content (AvgIpc) is 2.37. The van der Waals surface area contributed by atoms with Crippen molar-refractivity contribution in [3.63, 3.8) is 0 Å². The lowest BCUT2D eigenvalue weighted by Gasteiger charge is -2.07. The summed E-state index contributed by atoms with van der Waals surface area (Å²) < 4.78 is 0. The van der Waals surface area contributed by atoms with Gasteiger partial charge >= 0.3 is 0 Å². The fourth-order valence-electron chi connectivity index (χ4n) is 1.71. The van der Waals surface area contributed by atoms with Gasteiger partial charge in [0.2, 0.25) is 0 Å². The molecular weight excluding hydrogens is 222 g/mol. The maximum absolute atomic E-state index is 11.0. The highest BCUT2D eigenvalue weighted by Gasteiger charge is 2.02. The number of benzene rings is 1. The number of allylic oxidation sites excluding steroid dienone is 3. The predicted octanol–water partition coefficient (Wildman–Crippen LogP) is 3.45. The Morgan fingerprint density at radius 2 is 2.00 bits per heavy atom. The summed E-state index contributed by atoms with van der Waals surface area (Å²) in [4.78, 5) is 13.0. The van der Waals surface area contributed by atoms with E-state index >= 15 is 0 Å². The molecule has 0 atom stereocenters. The topological polar surface area (TPSA) is 20.3 Å². The Balaban J connectivity index is 2.82. The third-order valence-electron chi connectivity index (χ3n) is 2.77. The van der Waals surface area contributed by atoms with Crippen LogP contribution < -0.4 is 0 Å². The Labute approximate surface area is 110 Å². The predicted molar refractivity (Wildman–Crippen MR) is 76.7 cm³/mol. The minimum Gasteiger partial charge on any atom is -0.383 e. The molecule has 1 aromatic rings. The van der Waals surface area contributed by atoms with Crippen molar-refractivity contribution in [2.75, 3.05) is 14.1 Å². The molecule has 18 heavy (non-hydrogen) atoms. The largest absolute Gasteiger partial charge is 0.383 e. The molecule has 0 fully saturated rings. The normalized spacial score (nSPS) is 11.8. The number of aldehydes is 1. The number of carbonyl (C=O) groups is 1. The van der Waals surface area contributed by atoms with Gasteiger partial charge in [0.1, 0.15) is 6.29 Å². The molecule has 0 N–H and O–H groups in total. The number of hydrogen-bond acceptors (Lipinski definition) is 2. The second kappa shape index (κ2) is 7.49. The van der Waals surface area contributed by atoms with E-state index in [0.717, 1.165) is 30.3 Å². The van der Waals surface area contributed by atoms with Gasteiger partial charge in [-0.05, 0) is 30.7 Å². The monoisotopic (exact) mass is 243 g/mol. The van der Waals surface area contributed by atoms with Gasteiger partial charge in [0.25, 0.3) is 0 Å². The molecule has 0 spiro atoms. The van der Waals surface area contributed by atoms with Crippen molar-refractivity contribution in [3.8, 4) is 0 Å². The molecule has 0 aliphatic heterocycles. The number of nitrogens with zero attached hydrogens (tertiary/aromatic N) is 1. The lowest BCUT2D eigenvalue weighted by atomic mass is 9.99. The van der Waals surface area contributed by atoms with Crippen LogP contribution in [-0.4, -0.2) is 25.3 Å². The standard InChI is InChI=1S/C16H21NO/c1-4-14(8-7-11-17(2)3)12-15-9-5-6-10-16(15)13-18/h5-11,13H,4,12H2,1-3H3/b11-7-,14-8+. The van der Waals surface area contributed by atoms with Crippen molar-refractivity contribution in [2.24, 2.45) is 0 Å². The molecule has 0 heterocycles. The van der Waals surface area contributed by atoms with Crippen LogP contribution in [0.1, 0.15) is 29.3 Å². The van der Waals surface area contributed by atoms with E-state index < -0.39 is 0 Å². The van der Waals surface area contributed by atoms with Crippen LogP contribution in [0.15, 0.2) is 48.2 Å². The summed E-state index contributed by atoms with van der Waals surface area (Å²) in [5, 5.41) is 0. The van der Waals surface area contributed by atoms with Gasteiger partial charge in [0, 0.05) is 19.7 Å². The summed E-state index contributed by atoms with van der Waals surface area (Å²) in [6, 6.07) is 7.76. The first-order chi connectivity index (χ1) is 8.67. The molecule has 0 aliphatic rings. The molecule has 2 heteroatoms. The van der Waals surface area contributed by atoms with E-state index in [1.54, 1.807) is 0 Å². The van der Waals surface area contributed by atoms with Crippen LogP contribution in [0.5, 0.6) is 0 Å². The van der Waals surface area contributed by atoms with Crippen molar-refractivity contribution >= 4 is 6.29 Å². The van der Waals surface area contributed by atoms with Crippen LogP contribution in [0.25, 0.3) is 0 Å². The molecule has 96 valence electrons. The van der Waals surface area contributed by atoms with Crippen LogP contribution in [0, 0.1) is 0 Å². The number of rotatable bonds is 6. The molecule has 0 saturated heterocycles. The average molecular weight is 243 g/mol. The number of hydrogen-bond donors (Lipinski definition) is 0. The van der Waals surface area contributed by atoms with E-state index in [1.807, 2.05) is 55.5 Å². The molecule has 0 aromatic heterocycles. The summed E-state index contributed by atoms with van der Waals surface area (Å²) in [7, 11) is 4.00. The zero-order valence-electron chi connectivity index (χ0n) is 11.4. The summed E-state index contributed by atoms with van der Waals surface area (Å²) in [6.45, 7) is 2.14. The van der Waals surface area contributed by atoms with Crippen molar-refractivity contribution in [1.82, 2.24) is 4.90 Å². The fourth-order valence-corrected chi connectivity index (χ4v) is 1.71. The van der Waals surface area contributed by atoms with E-state index in [1.165, 1.54) is 5.57 Å². The second-order valence-electron chi connectivity index (χ2n) is 4.48. The molecule has 0 radical (unpaired) electrons. The van der Waals surface area contributed by atoms with E-state index in [-0.39, 0.29) is 0 Å². The van der Waals surface area contributed by atoms with Crippen LogP contribution in [0.3, 0.4) is 0 Å². The minimum atomic E-state index is 0.786. The fraction of sp³-hybridized carbons (Fsp3) is 0.312. The summed E-state index contributed by atoms with van der Waals surface area (Å²) >= 11 is 0. The zero-order valence-corrected chi connectivity index (χ0v) is 11.4. The van der Waals surface area contributed by atoms with Gasteiger partial charge in [-0.25, -0.2) is 0 Å². The number of carbonyl (C=O) groups excluding carboxylic acids is 1. The SMILES string of the molecule is CC/C(=C\C=C/N(C)C)Cc1ccccc1C=O. The smallest absolute Gasteiger partial charge is 0.150 e. The lowest BCUT2D eigenvalue weighted by Crippen LogP contribution is -1.99. The molecule has 0 saturated carbocycles. The third-order valence-corrected chi connectivity index (χ3v) is 2.77. The highest BCUT2D eigenvalue weighted by Crippen LogP contribution is 2.14. The van der Waals surface area contributed by atoms with Crippen molar-refractivity contribution in [1.29, 1.82) is 0 Å². The van der Waals surface area contributed by atoms with E-state index in [4.69, 9.17) is 0 Å². The van der Waals surface area contributed by atoms with E-state index in [2.05, 4.69) is 13.0 Å². The van der Waals surface area contributed by atoms with Crippen molar-refractivity contribution in [2.45, 2.75) is 19.8 Å². The third kappa shape index (κ3) is 4.58. The van der Waals surface area contributed by atoms with Crippen LogP contribution >= 0.6 is 0 Å². The van der Waals surface area contributed by atoms with Gasteiger partial charge in [0.15, 0.2) is 0 Å². The van der Waals surface area contributed by atoms with Gasteiger partial charge in [-0.15, -0.1) is 0 Å². The summed E-state index contributed by atoms with van der Waals surface area (Å²) in [6.07, 6.45) is 8.94. The molecule has 0 bridgehead atoms. The molecule has 1 rings (SSSR count). The maximum atomic E-state index is 11.0. The minimum absolute atomic E-state index is 0.786. The molecular formula is C16H21NO. The van der Waals surface area contributed by atoms with Gasteiger partial charge in [0.05, 0.1) is 0 Å². The molecule has 0 unspecified atom stereocenters. The first kappa shape index (κ1) is 14.2. The van der Waals surface area contributed by atoms with Gasteiger partial charge in [-0.3, -0.25) is 4.79 Å². The van der Waals surface area contributed by atoms with Gasteiger partial charge in [-0.1, -0.05) is 42.8 Å². The highest BCUT2D eigenvalue weighted by atomic mass is 16.1. The van der Waals surface area contributed by atoms with Crippen LogP contribution in [-0.2, 0) is 6.42 Å². The Morgan fingerprint density at radius 1 is 1.28 bits per heavy atom. The Hall–Kier alpha value is -1.83. The molecule has 1 aromatic carbocycles. The highest BCUT2D eigenvalue weighted by molar-refractivity contribution is 5.77. The molecule has 0 aliphatic carbocycles. The first-order valence-corrected chi connectivity index (χ1v) is 6.23. The van der Waals surface area contributed by atoms with Gasteiger partial charge in [-0.2, -0.15) is 0 Å². The molecule has 2 nitrogen and oxygen atoms in total. The van der Waals surface area contributed by atoms with Gasteiger partial charge < -0.3 is 4.90 Å². The maximum Gasteiger partial charge on any atom is 0.150 e. The summed E-state index contributed by atoms with van der Waals surface area (Å²) in [5.41, 5.74) is 3.20. The lowest BCUT2D eigenvalue weighted by molar-refractivity contribution is 0.112. The van der Waals surface area contributed by atoms with E-state index in [9.17, 15) is 4.79 Å². The first-order valence-electron chi connectivity index (χ1n) is 6.23. The van der Waals surface area contributed by atoms with Crippen molar-refractivity contribution in [3.05, 3.63) is 59.3 Å². The molecule has 0 amide bonds. The Bertz CT molecular complexity index is 444.